The van der Waals surface area contributed by atoms with Gasteiger partial charge in [0.2, 0.25) is 0 Å². The van der Waals surface area contributed by atoms with Crippen molar-refractivity contribution in [3.8, 4) is 0 Å². The van der Waals surface area contributed by atoms with Crippen LogP contribution in [-0.2, 0) is 9.53 Å². The first-order valence-electron chi connectivity index (χ1n) is 5.00. The van der Waals surface area contributed by atoms with Gasteiger partial charge in [0, 0.05) is 13.3 Å². The van der Waals surface area contributed by atoms with Gasteiger partial charge in [-0.05, 0) is 26.7 Å². The van der Waals surface area contributed by atoms with Crippen LogP contribution in [0.5, 0.6) is 0 Å². The number of esters is 1. The van der Waals surface area contributed by atoms with E-state index in [9.17, 15) is 4.79 Å². The van der Waals surface area contributed by atoms with Gasteiger partial charge in [0.25, 0.3) is 0 Å². The van der Waals surface area contributed by atoms with Gasteiger partial charge < -0.3 is 4.74 Å². The zero-order valence-electron chi connectivity index (χ0n) is 9.38. The minimum Gasteiger partial charge on any atom is -0.462 e. The van der Waals surface area contributed by atoms with Crippen LogP contribution in [0.25, 0.3) is 0 Å². The Morgan fingerprint density at radius 1 is 1.50 bits per heavy atom. The summed E-state index contributed by atoms with van der Waals surface area (Å²) in [5.74, 6) is -0.206. The summed E-state index contributed by atoms with van der Waals surface area (Å²) in [6.45, 7) is 9.15. The van der Waals surface area contributed by atoms with E-state index in [0.717, 1.165) is 19.3 Å². The van der Waals surface area contributed by atoms with E-state index >= 15 is 0 Å². The van der Waals surface area contributed by atoms with Crippen LogP contribution in [0.1, 0.15) is 40.0 Å². The molecule has 0 rings (SSSR count). The van der Waals surface area contributed by atoms with Crippen LogP contribution in [0, 0.1) is 0 Å². The van der Waals surface area contributed by atoms with E-state index in [1.54, 1.807) is 0 Å². The van der Waals surface area contributed by atoms with Crippen molar-refractivity contribution in [1.29, 1.82) is 0 Å². The van der Waals surface area contributed by atoms with E-state index in [0.29, 0.717) is 0 Å². The quantitative estimate of drug-likeness (QED) is 0.481. The standard InChI is InChI=1S/C12H20O2/c1-5-7-8-12(14-11(4)13)9-10(3)6-2/h5-6,12H,1,7-9H2,2-4H3/b10-6+. The molecule has 2 nitrogen and oxygen atoms in total. The van der Waals surface area contributed by atoms with E-state index in [1.165, 1.54) is 12.5 Å². The van der Waals surface area contributed by atoms with Crippen molar-refractivity contribution >= 4 is 5.97 Å². The first-order valence-corrected chi connectivity index (χ1v) is 5.00. The van der Waals surface area contributed by atoms with Crippen LogP contribution in [0.4, 0.5) is 0 Å². The third-order valence-corrected chi connectivity index (χ3v) is 2.07. The molecule has 0 bridgehead atoms. The number of hydrogen-bond acceptors (Lipinski definition) is 2. The number of rotatable bonds is 6. The lowest BCUT2D eigenvalue weighted by Crippen LogP contribution is -2.16. The first-order chi connectivity index (χ1) is 6.60. The predicted molar refractivity (Wildman–Crippen MR) is 59.0 cm³/mol. The Labute approximate surface area is 86.6 Å². The summed E-state index contributed by atoms with van der Waals surface area (Å²) in [7, 11) is 0. The fraction of sp³-hybridized carbons (Fsp3) is 0.583. The summed E-state index contributed by atoms with van der Waals surface area (Å²) in [6.07, 6.45) is 6.46. The average molecular weight is 196 g/mol. The van der Waals surface area contributed by atoms with Crippen molar-refractivity contribution in [3.63, 3.8) is 0 Å². The Morgan fingerprint density at radius 2 is 2.14 bits per heavy atom. The monoisotopic (exact) mass is 196 g/mol. The number of ether oxygens (including phenoxy) is 1. The third-order valence-electron chi connectivity index (χ3n) is 2.07. The van der Waals surface area contributed by atoms with E-state index in [1.807, 2.05) is 26.0 Å². The van der Waals surface area contributed by atoms with Crippen molar-refractivity contribution in [2.45, 2.75) is 46.1 Å². The Kier molecular flexibility index (Phi) is 6.81. The molecule has 0 heterocycles. The van der Waals surface area contributed by atoms with Gasteiger partial charge in [-0.25, -0.2) is 0 Å². The second-order valence-electron chi connectivity index (χ2n) is 3.44. The van der Waals surface area contributed by atoms with Crippen molar-refractivity contribution in [2.24, 2.45) is 0 Å². The van der Waals surface area contributed by atoms with Gasteiger partial charge in [-0.1, -0.05) is 17.7 Å². The van der Waals surface area contributed by atoms with Crippen molar-refractivity contribution in [2.75, 3.05) is 0 Å². The van der Waals surface area contributed by atoms with Crippen molar-refractivity contribution < 1.29 is 9.53 Å². The van der Waals surface area contributed by atoms with Crippen molar-refractivity contribution in [3.05, 3.63) is 24.3 Å². The summed E-state index contributed by atoms with van der Waals surface area (Å²) >= 11 is 0. The topological polar surface area (TPSA) is 26.3 Å². The Hall–Kier alpha value is -1.05. The minimum absolute atomic E-state index is 0.00157. The molecule has 0 aliphatic heterocycles. The molecule has 1 atom stereocenters. The van der Waals surface area contributed by atoms with Gasteiger partial charge in [0.05, 0.1) is 0 Å². The maximum Gasteiger partial charge on any atom is 0.302 e. The highest BCUT2D eigenvalue weighted by Crippen LogP contribution is 2.13. The highest BCUT2D eigenvalue weighted by Gasteiger charge is 2.11. The SMILES string of the molecule is C=CCCC(C/C(C)=C/C)OC(C)=O. The smallest absolute Gasteiger partial charge is 0.302 e. The number of allylic oxidation sites excluding steroid dienone is 2. The molecule has 0 radical (unpaired) electrons. The molecule has 0 saturated heterocycles. The first kappa shape index (κ1) is 12.9. The van der Waals surface area contributed by atoms with Crippen LogP contribution in [0.2, 0.25) is 0 Å². The maximum atomic E-state index is 10.8. The zero-order valence-corrected chi connectivity index (χ0v) is 9.38. The van der Waals surface area contributed by atoms with Crippen LogP contribution in [0.15, 0.2) is 24.3 Å². The molecular weight excluding hydrogens is 176 g/mol. The largest absolute Gasteiger partial charge is 0.462 e. The molecule has 0 N–H and O–H groups in total. The number of carbonyl (C=O) groups excluding carboxylic acids is 1. The van der Waals surface area contributed by atoms with Gasteiger partial charge in [0.1, 0.15) is 6.10 Å². The fourth-order valence-electron chi connectivity index (χ4n) is 1.22. The minimum atomic E-state index is -0.206. The molecule has 0 spiro atoms. The summed E-state index contributed by atoms with van der Waals surface area (Å²) in [4.78, 5) is 10.8. The molecule has 0 amide bonds. The van der Waals surface area contributed by atoms with Gasteiger partial charge in [-0.15, -0.1) is 6.58 Å². The molecule has 14 heavy (non-hydrogen) atoms. The summed E-state index contributed by atoms with van der Waals surface area (Å²) in [6, 6.07) is 0. The zero-order chi connectivity index (χ0) is 11.0. The van der Waals surface area contributed by atoms with Crippen LogP contribution in [0.3, 0.4) is 0 Å². The lowest BCUT2D eigenvalue weighted by Gasteiger charge is -2.16. The summed E-state index contributed by atoms with van der Waals surface area (Å²) in [5.41, 5.74) is 1.25. The Morgan fingerprint density at radius 3 is 2.57 bits per heavy atom. The second kappa shape index (κ2) is 7.36. The van der Waals surface area contributed by atoms with Crippen LogP contribution < -0.4 is 0 Å². The lowest BCUT2D eigenvalue weighted by molar-refractivity contribution is -0.146. The van der Waals surface area contributed by atoms with Crippen molar-refractivity contribution in [1.82, 2.24) is 0 Å². The predicted octanol–water partition coefficient (Wildman–Crippen LogP) is 3.24. The molecule has 0 aliphatic rings. The van der Waals surface area contributed by atoms with Gasteiger partial charge in [-0.2, -0.15) is 0 Å². The van der Waals surface area contributed by atoms with Crippen LogP contribution in [-0.4, -0.2) is 12.1 Å². The van der Waals surface area contributed by atoms with E-state index < -0.39 is 0 Å². The van der Waals surface area contributed by atoms with E-state index in [4.69, 9.17) is 4.74 Å². The second-order valence-corrected chi connectivity index (χ2v) is 3.44. The summed E-state index contributed by atoms with van der Waals surface area (Å²) in [5, 5.41) is 0. The highest BCUT2D eigenvalue weighted by atomic mass is 16.5. The molecule has 0 aliphatic carbocycles. The normalized spacial score (nSPS) is 13.5. The van der Waals surface area contributed by atoms with Gasteiger partial charge >= 0.3 is 5.97 Å². The molecule has 0 aromatic heterocycles. The molecule has 0 aromatic rings. The molecule has 80 valence electrons. The molecule has 2 heteroatoms. The Bertz CT molecular complexity index is 216. The van der Waals surface area contributed by atoms with E-state index in [2.05, 4.69) is 6.58 Å². The maximum absolute atomic E-state index is 10.8. The molecule has 0 saturated carbocycles. The third kappa shape index (κ3) is 6.46. The van der Waals surface area contributed by atoms with Crippen LogP contribution >= 0.6 is 0 Å². The number of carbonyl (C=O) groups is 1. The number of hydrogen-bond donors (Lipinski definition) is 0. The van der Waals surface area contributed by atoms with Gasteiger partial charge in [0.15, 0.2) is 0 Å². The van der Waals surface area contributed by atoms with E-state index in [-0.39, 0.29) is 12.1 Å². The molecule has 0 aromatic carbocycles. The Balaban J connectivity index is 4.09. The molecule has 1 unspecified atom stereocenters. The summed E-state index contributed by atoms with van der Waals surface area (Å²) < 4.78 is 5.20. The average Bonchev–Trinajstić information content (AvgIpc) is 2.13. The molecule has 0 fully saturated rings. The highest BCUT2D eigenvalue weighted by molar-refractivity contribution is 5.66. The fourth-order valence-corrected chi connectivity index (χ4v) is 1.22. The van der Waals surface area contributed by atoms with Gasteiger partial charge in [-0.3, -0.25) is 4.79 Å². The molecular formula is C12H20O2. The lowest BCUT2D eigenvalue weighted by atomic mass is 10.1.